The molecule has 2 aromatic carbocycles. The normalized spacial score (nSPS) is 11.8. The molecule has 2 rings (SSSR count). The minimum Gasteiger partial charge on any atom is -0.490 e. The monoisotopic (exact) mass is 440 g/mol. The minimum absolute atomic E-state index is 0.0139. The number of hydrogen-bond donors (Lipinski definition) is 0. The summed E-state index contributed by atoms with van der Waals surface area (Å²) in [6.07, 6.45) is 12.9. The van der Waals surface area contributed by atoms with Gasteiger partial charge >= 0.3 is 5.97 Å². The molecule has 1 atom stereocenters. The molecule has 0 heterocycles. The molecule has 32 heavy (non-hydrogen) atoms. The van der Waals surface area contributed by atoms with Gasteiger partial charge in [0.2, 0.25) is 0 Å². The van der Waals surface area contributed by atoms with Crippen LogP contribution in [0.4, 0.5) is 0 Å². The molecule has 176 valence electrons. The van der Waals surface area contributed by atoms with Crippen molar-refractivity contribution in [1.29, 1.82) is 0 Å². The van der Waals surface area contributed by atoms with E-state index in [-0.39, 0.29) is 6.10 Å². The van der Waals surface area contributed by atoms with Crippen molar-refractivity contribution in [2.24, 2.45) is 0 Å². The highest BCUT2D eigenvalue weighted by Crippen LogP contribution is 2.28. The molecule has 0 aliphatic carbocycles. The van der Waals surface area contributed by atoms with Gasteiger partial charge in [-0.2, -0.15) is 0 Å². The second kappa shape index (κ2) is 15.5. The molecule has 0 fully saturated rings. The van der Waals surface area contributed by atoms with E-state index in [0.29, 0.717) is 23.7 Å². The summed E-state index contributed by atoms with van der Waals surface area (Å²) in [5.41, 5.74) is 1.52. The van der Waals surface area contributed by atoms with Gasteiger partial charge in [-0.15, -0.1) is 0 Å². The van der Waals surface area contributed by atoms with Gasteiger partial charge in [0.1, 0.15) is 0 Å². The molecule has 2 aromatic rings. The lowest BCUT2D eigenvalue weighted by Gasteiger charge is -2.12. The Hall–Kier alpha value is -2.33. The lowest BCUT2D eigenvalue weighted by atomic mass is 10.1. The largest absolute Gasteiger partial charge is 0.490 e. The van der Waals surface area contributed by atoms with E-state index in [1.807, 2.05) is 37.3 Å². The van der Waals surface area contributed by atoms with Gasteiger partial charge in [0.15, 0.2) is 11.5 Å². The summed E-state index contributed by atoms with van der Waals surface area (Å²) in [5, 5.41) is 0. The van der Waals surface area contributed by atoms with Crippen LogP contribution in [-0.2, 0) is 4.74 Å². The number of methoxy groups -OCH3 is 1. The van der Waals surface area contributed by atoms with Crippen molar-refractivity contribution < 1.29 is 19.0 Å². The van der Waals surface area contributed by atoms with E-state index in [9.17, 15) is 4.79 Å². The molecule has 0 amide bonds. The van der Waals surface area contributed by atoms with Crippen LogP contribution in [0.2, 0.25) is 0 Å². The number of unbranched alkanes of at least 4 members (excludes halogenated alkanes) is 9. The average Bonchev–Trinajstić information content (AvgIpc) is 2.83. The Morgan fingerprint density at radius 3 is 1.94 bits per heavy atom. The lowest BCUT2D eigenvalue weighted by molar-refractivity contribution is 0.0727. The second-order valence-corrected chi connectivity index (χ2v) is 8.37. The first kappa shape index (κ1) is 25.9. The third-order valence-electron chi connectivity index (χ3n) is 5.78. The third kappa shape index (κ3) is 9.44. The Morgan fingerprint density at radius 2 is 1.34 bits per heavy atom. The molecule has 0 bridgehead atoms. The van der Waals surface area contributed by atoms with Gasteiger partial charge in [0.05, 0.1) is 18.3 Å². The Kier molecular flexibility index (Phi) is 12.5. The zero-order chi connectivity index (χ0) is 23.0. The van der Waals surface area contributed by atoms with E-state index in [1.165, 1.54) is 57.8 Å². The molecule has 4 nitrogen and oxygen atoms in total. The maximum atomic E-state index is 12.6. The Bertz CT molecular complexity index is 769. The Labute approximate surface area is 194 Å². The van der Waals surface area contributed by atoms with Crippen LogP contribution in [0, 0.1) is 0 Å². The number of carbonyl (C=O) groups is 1. The van der Waals surface area contributed by atoms with Crippen LogP contribution in [0.3, 0.4) is 0 Å². The summed E-state index contributed by atoms with van der Waals surface area (Å²) < 4.78 is 16.8. The Morgan fingerprint density at radius 1 is 0.781 bits per heavy atom. The summed E-state index contributed by atoms with van der Waals surface area (Å²) >= 11 is 0. The van der Waals surface area contributed by atoms with Crippen molar-refractivity contribution >= 4 is 5.97 Å². The first-order valence-electron chi connectivity index (χ1n) is 12.2. The maximum Gasteiger partial charge on any atom is 0.343 e. The van der Waals surface area contributed by atoms with Gasteiger partial charge in [-0.05, 0) is 43.2 Å². The number of esters is 1. The van der Waals surface area contributed by atoms with Gasteiger partial charge in [0.25, 0.3) is 0 Å². The molecule has 0 saturated carbocycles. The molecule has 0 aliphatic heterocycles. The number of hydrogen-bond acceptors (Lipinski definition) is 4. The topological polar surface area (TPSA) is 44.8 Å². The highest BCUT2D eigenvalue weighted by atomic mass is 16.6. The first-order chi connectivity index (χ1) is 15.7. The van der Waals surface area contributed by atoms with E-state index in [4.69, 9.17) is 14.2 Å². The summed E-state index contributed by atoms with van der Waals surface area (Å²) in [5.74, 6) is 0.678. The molecule has 0 saturated heterocycles. The zero-order valence-corrected chi connectivity index (χ0v) is 20.1. The number of para-hydroxylation sites is 2. The third-order valence-corrected chi connectivity index (χ3v) is 5.78. The van der Waals surface area contributed by atoms with Crippen LogP contribution < -0.4 is 9.47 Å². The van der Waals surface area contributed by atoms with Gasteiger partial charge < -0.3 is 14.2 Å². The van der Waals surface area contributed by atoms with Crippen LogP contribution in [0.5, 0.6) is 11.5 Å². The lowest BCUT2D eigenvalue weighted by Crippen LogP contribution is -2.10. The molecule has 0 aliphatic rings. The van der Waals surface area contributed by atoms with E-state index in [1.54, 1.807) is 25.3 Å². The number of carbonyl (C=O) groups excluding carboxylic acids is 1. The van der Waals surface area contributed by atoms with E-state index >= 15 is 0 Å². The summed E-state index contributed by atoms with van der Waals surface area (Å²) in [7, 11) is 1.67. The second-order valence-electron chi connectivity index (χ2n) is 8.37. The van der Waals surface area contributed by atoms with Crippen LogP contribution in [-0.4, -0.2) is 19.7 Å². The van der Waals surface area contributed by atoms with Gasteiger partial charge in [-0.25, -0.2) is 4.79 Å². The predicted molar refractivity (Wildman–Crippen MR) is 131 cm³/mol. The van der Waals surface area contributed by atoms with Crippen LogP contribution in [0.1, 0.15) is 100 Å². The average molecular weight is 441 g/mol. The molecule has 0 radical (unpaired) electrons. The van der Waals surface area contributed by atoms with Crippen molar-refractivity contribution in [1.82, 2.24) is 0 Å². The van der Waals surface area contributed by atoms with Gasteiger partial charge in [-0.3, -0.25) is 0 Å². The zero-order valence-electron chi connectivity index (χ0n) is 20.1. The highest BCUT2D eigenvalue weighted by molar-refractivity contribution is 5.91. The van der Waals surface area contributed by atoms with Crippen LogP contribution in [0.15, 0.2) is 48.5 Å². The fraction of sp³-hybridized carbons (Fsp3) is 0.536. The van der Waals surface area contributed by atoms with E-state index < -0.39 is 5.97 Å². The minimum atomic E-state index is -0.392. The van der Waals surface area contributed by atoms with Crippen molar-refractivity contribution in [3.8, 4) is 11.5 Å². The van der Waals surface area contributed by atoms with Crippen molar-refractivity contribution in [2.45, 2.75) is 84.2 Å². The highest BCUT2D eigenvalue weighted by Gasteiger charge is 2.13. The fourth-order valence-corrected chi connectivity index (χ4v) is 3.61. The van der Waals surface area contributed by atoms with E-state index in [0.717, 1.165) is 12.0 Å². The molecule has 0 spiro atoms. The Balaban J connectivity index is 1.71. The molecule has 1 unspecified atom stereocenters. The van der Waals surface area contributed by atoms with Crippen molar-refractivity contribution in [2.75, 3.05) is 13.7 Å². The van der Waals surface area contributed by atoms with E-state index in [2.05, 4.69) is 6.92 Å². The van der Waals surface area contributed by atoms with Crippen LogP contribution >= 0.6 is 0 Å². The molecule has 4 heteroatoms. The predicted octanol–water partition coefficient (Wildman–Crippen LogP) is 7.91. The molecular formula is C28H40O4. The summed E-state index contributed by atoms with van der Waals surface area (Å²) in [4.78, 5) is 12.6. The quantitative estimate of drug-likeness (QED) is 0.151. The summed E-state index contributed by atoms with van der Waals surface area (Å²) in [6.45, 7) is 4.86. The molecular weight excluding hydrogens is 400 g/mol. The fourth-order valence-electron chi connectivity index (χ4n) is 3.61. The van der Waals surface area contributed by atoms with Crippen molar-refractivity contribution in [3.05, 3.63) is 59.7 Å². The number of benzene rings is 2. The van der Waals surface area contributed by atoms with Gasteiger partial charge in [-0.1, -0.05) is 89.0 Å². The molecule has 0 aromatic heterocycles. The SMILES string of the molecule is CCCCCCCCCCCCOc1ccccc1OC(=O)c1ccc(C(C)OC)cc1. The smallest absolute Gasteiger partial charge is 0.343 e. The standard InChI is InChI=1S/C28H40O4/c1-4-5-6-7-8-9-10-11-12-15-22-31-26-16-13-14-17-27(26)32-28(29)25-20-18-24(19-21-25)23(2)30-3/h13-14,16-21,23H,4-12,15,22H2,1-3H3. The number of ether oxygens (including phenoxy) is 3. The number of rotatable bonds is 16. The summed E-state index contributed by atoms with van der Waals surface area (Å²) in [6, 6.07) is 14.7. The molecule has 0 N–H and O–H groups in total. The van der Waals surface area contributed by atoms with Crippen molar-refractivity contribution in [3.63, 3.8) is 0 Å². The van der Waals surface area contributed by atoms with Gasteiger partial charge in [0, 0.05) is 7.11 Å². The first-order valence-corrected chi connectivity index (χ1v) is 12.2. The maximum absolute atomic E-state index is 12.6. The van der Waals surface area contributed by atoms with Crippen LogP contribution in [0.25, 0.3) is 0 Å².